The molecule has 0 bridgehead atoms. The molecule has 0 aliphatic carbocycles. The fourth-order valence-electron chi connectivity index (χ4n) is 2.49. The fourth-order valence-corrected chi connectivity index (χ4v) is 2.49. The minimum atomic E-state index is -0.508. The Morgan fingerprint density at radius 1 is 1.26 bits per heavy atom. The van der Waals surface area contributed by atoms with E-state index >= 15 is 0 Å². The molecule has 5 heteroatoms. The zero-order chi connectivity index (χ0) is 14.5. The number of nitrogens with zero attached hydrogens (tertiary/aromatic N) is 1. The van der Waals surface area contributed by atoms with Crippen molar-refractivity contribution in [2.24, 2.45) is 11.3 Å². The molecule has 0 unspecified atom stereocenters. The number of ether oxygens (including phenoxy) is 2. The second-order valence-electron chi connectivity index (χ2n) is 5.68. The monoisotopic (exact) mass is 271 g/mol. The van der Waals surface area contributed by atoms with Gasteiger partial charge in [0.1, 0.15) is 0 Å². The van der Waals surface area contributed by atoms with Crippen LogP contribution in [0, 0.1) is 11.3 Å². The number of methoxy groups -OCH3 is 1. The number of esters is 2. The Labute approximate surface area is 115 Å². The number of rotatable bonds is 5. The van der Waals surface area contributed by atoms with Gasteiger partial charge in [0, 0.05) is 6.54 Å². The Morgan fingerprint density at radius 2 is 1.84 bits per heavy atom. The minimum Gasteiger partial charge on any atom is -0.469 e. The van der Waals surface area contributed by atoms with Crippen molar-refractivity contribution < 1.29 is 19.1 Å². The van der Waals surface area contributed by atoms with Gasteiger partial charge >= 0.3 is 11.9 Å². The van der Waals surface area contributed by atoms with Gasteiger partial charge < -0.3 is 14.4 Å². The van der Waals surface area contributed by atoms with Crippen LogP contribution in [0.2, 0.25) is 0 Å². The molecule has 0 aromatic heterocycles. The SMILES string of the molecule is CCOC(=O)C1CCN(CC(C)(C)C(=O)OC)CC1. The Morgan fingerprint density at radius 3 is 2.32 bits per heavy atom. The molecule has 0 aromatic carbocycles. The molecular formula is C14H25NO4. The molecule has 0 amide bonds. The Balaban J connectivity index is 2.42. The van der Waals surface area contributed by atoms with Crippen LogP contribution in [-0.2, 0) is 19.1 Å². The van der Waals surface area contributed by atoms with Gasteiger partial charge in [-0.2, -0.15) is 0 Å². The third-order valence-corrected chi connectivity index (χ3v) is 3.56. The highest BCUT2D eigenvalue weighted by Gasteiger charge is 2.33. The lowest BCUT2D eigenvalue weighted by Crippen LogP contribution is -2.44. The molecular weight excluding hydrogens is 246 g/mol. The van der Waals surface area contributed by atoms with Crippen LogP contribution in [0.4, 0.5) is 0 Å². The number of piperidine rings is 1. The minimum absolute atomic E-state index is 0.0115. The molecule has 110 valence electrons. The van der Waals surface area contributed by atoms with E-state index in [4.69, 9.17) is 9.47 Å². The van der Waals surface area contributed by atoms with E-state index < -0.39 is 5.41 Å². The summed E-state index contributed by atoms with van der Waals surface area (Å²) in [7, 11) is 1.41. The van der Waals surface area contributed by atoms with Crippen molar-refractivity contribution in [1.29, 1.82) is 0 Å². The van der Waals surface area contributed by atoms with Crippen molar-refractivity contribution >= 4 is 11.9 Å². The van der Waals surface area contributed by atoms with Gasteiger partial charge in [-0.25, -0.2) is 0 Å². The van der Waals surface area contributed by atoms with Gasteiger partial charge in [0.25, 0.3) is 0 Å². The molecule has 5 nitrogen and oxygen atoms in total. The van der Waals surface area contributed by atoms with Crippen molar-refractivity contribution in [3.63, 3.8) is 0 Å². The molecule has 1 heterocycles. The maximum atomic E-state index is 11.6. The lowest BCUT2D eigenvalue weighted by Gasteiger charge is -2.35. The van der Waals surface area contributed by atoms with Gasteiger partial charge in [0.05, 0.1) is 25.0 Å². The Bertz CT molecular complexity index is 319. The first kappa shape index (κ1) is 16.0. The molecule has 1 aliphatic heterocycles. The number of likely N-dealkylation sites (tertiary alicyclic amines) is 1. The van der Waals surface area contributed by atoms with Crippen LogP contribution >= 0.6 is 0 Å². The smallest absolute Gasteiger partial charge is 0.312 e. The standard InChI is InChI=1S/C14H25NO4/c1-5-19-12(16)11-6-8-15(9-7-11)10-14(2,3)13(17)18-4/h11H,5-10H2,1-4H3. The molecule has 0 saturated carbocycles. The summed E-state index contributed by atoms with van der Waals surface area (Å²) in [5.41, 5.74) is -0.508. The summed E-state index contributed by atoms with van der Waals surface area (Å²) < 4.78 is 9.85. The van der Waals surface area contributed by atoms with Crippen LogP contribution in [0.3, 0.4) is 0 Å². The summed E-state index contributed by atoms with van der Waals surface area (Å²) in [4.78, 5) is 25.5. The van der Waals surface area contributed by atoms with Gasteiger partial charge in [-0.05, 0) is 46.7 Å². The first-order chi connectivity index (χ1) is 8.90. The summed E-state index contributed by atoms with van der Waals surface area (Å²) in [6.45, 7) is 8.34. The molecule has 0 spiro atoms. The van der Waals surface area contributed by atoms with E-state index in [-0.39, 0.29) is 17.9 Å². The normalized spacial score (nSPS) is 18.1. The number of carbonyl (C=O) groups is 2. The average Bonchev–Trinajstić information content (AvgIpc) is 2.38. The van der Waals surface area contributed by atoms with E-state index in [1.165, 1.54) is 7.11 Å². The van der Waals surface area contributed by atoms with Gasteiger partial charge in [-0.1, -0.05) is 0 Å². The average molecular weight is 271 g/mol. The molecule has 1 saturated heterocycles. The van der Waals surface area contributed by atoms with Crippen molar-refractivity contribution in [3.8, 4) is 0 Å². The first-order valence-corrected chi connectivity index (χ1v) is 6.88. The lowest BCUT2D eigenvalue weighted by molar-refractivity contribution is -0.154. The van der Waals surface area contributed by atoms with Crippen molar-refractivity contribution in [2.75, 3.05) is 33.4 Å². The van der Waals surface area contributed by atoms with Gasteiger partial charge in [-0.3, -0.25) is 9.59 Å². The zero-order valence-corrected chi connectivity index (χ0v) is 12.4. The molecule has 1 fully saturated rings. The highest BCUT2D eigenvalue weighted by molar-refractivity contribution is 5.76. The first-order valence-electron chi connectivity index (χ1n) is 6.88. The van der Waals surface area contributed by atoms with Gasteiger partial charge in [0.2, 0.25) is 0 Å². The summed E-state index contributed by atoms with van der Waals surface area (Å²) >= 11 is 0. The molecule has 0 radical (unpaired) electrons. The second kappa shape index (κ2) is 6.89. The van der Waals surface area contributed by atoms with Crippen LogP contribution in [0.5, 0.6) is 0 Å². The molecule has 1 rings (SSSR count). The van der Waals surface area contributed by atoms with Crippen molar-refractivity contribution in [1.82, 2.24) is 4.90 Å². The summed E-state index contributed by atoms with van der Waals surface area (Å²) in [5, 5.41) is 0. The van der Waals surface area contributed by atoms with E-state index in [1.54, 1.807) is 0 Å². The maximum absolute atomic E-state index is 11.6. The molecule has 0 aromatic rings. The summed E-state index contributed by atoms with van der Waals surface area (Å²) in [5.74, 6) is -0.271. The predicted molar refractivity (Wildman–Crippen MR) is 71.6 cm³/mol. The van der Waals surface area contributed by atoms with Crippen molar-refractivity contribution in [2.45, 2.75) is 33.6 Å². The Hall–Kier alpha value is -1.10. The third kappa shape index (κ3) is 4.49. The van der Waals surface area contributed by atoms with E-state index in [0.717, 1.165) is 25.9 Å². The summed E-state index contributed by atoms with van der Waals surface area (Å²) in [6.07, 6.45) is 1.60. The van der Waals surface area contributed by atoms with Crippen LogP contribution in [-0.4, -0.2) is 50.2 Å². The second-order valence-corrected chi connectivity index (χ2v) is 5.68. The molecule has 1 aliphatic rings. The van der Waals surface area contributed by atoms with E-state index in [9.17, 15) is 9.59 Å². The summed E-state index contributed by atoms with van der Waals surface area (Å²) in [6, 6.07) is 0. The number of hydrogen-bond donors (Lipinski definition) is 0. The highest BCUT2D eigenvalue weighted by Crippen LogP contribution is 2.24. The van der Waals surface area contributed by atoms with Crippen LogP contribution < -0.4 is 0 Å². The van der Waals surface area contributed by atoms with Crippen LogP contribution in [0.1, 0.15) is 33.6 Å². The van der Waals surface area contributed by atoms with E-state index in [1.807, 2.05) is 20.8 Å². The van der Waals surface area contributed by atoms with Gasteiger partial charge in [0.15, 0.2) is 0 Å². The molecule has 0 N–H and O–H groups in total. The topological polar surface area (TPSA) is 55.8 Å². The number of hydrogen-bond acceptors (Lipinski definition) is 5. The highest BCUT2D eigenvalue weighted by atomic mass is 16.5. The molecule has 19 heavy (non-hydrogen) atoms. The van der Waals surface area contributed by atoms with Crippen LogP contribution in [0.15, 0.2) is 0 Å². The quantitative estimate of drug-likeness (QED) is 0.709. The predicted octanol–water partition coefficient (Wildman–Crippen LogP) is 1.46. The largest absolute Gasteiger partial charge is 0.469 e. The van der Waals surface area contributed by atoms with Crippen LogP contribution in [0.25, 0.3) is 0 Å². The van der Waals surface area contributed by atoms with Gasteiger partial charge in [-0.15, -0.1) is 0 Å². The third-order valence-electron chi connectivity index (χ3n) is 3.56. The van der Waals surface area contributed by atoms with E-state index in [2.05, 4.69) is 4.90 Å². The molecule has 0 atom stereocenters. The lowest BCUT2D eigenvalue weighted by atomic mass is 9.90. The fraction of sp³-hybridized carbons (Fsp3) is 0.857. The van der Waals surface area contributed by atoms with E-state index in [0.29, 0.717) is 13.2 Å². The van der Waals surface area contributed by atoms with Crippen molar-refractivity contribution in [3.05, 3.63) is 0 Å². The number of carbonyl (C=O) groups excluding carboxylic acids is 2. The zero-order valence-electron chi connectivity index (χ0n) is 12.4. The Kier molecular flexibility index (Phi) is 5.79. The maximum Gasteiger partial charge on any atom is 0.312 e.